The van der Waals surface area contributed by atoms with E-state index in [1.54, 1.807) is 46.1 Å². The number of carboxylic acid groups (broad SMARTS) is 1. The number of allylic oxidation sites excluding steroid dienone is 2. The van der Waals surface area contributed by atoms with Crippen molar-refractivity contribution in [3.05, 3.63) is 41.0 Å². The fraction of sp³-hybridized carbons (Fsp3) is 0.500. The first kappa shape index (κ1) is 22.5. The molecule has 0 aliphatic carbocycles. The molecule has 0 bridgehead atoms. The second-order valence-electron chi connectivity index (χ2n) is 7.46. The number of ether oxygens (including phenoxy) is 2. The first-order valence-electron chi connectivity index (χ1n) is 8.65. The Morgan fingerprint density at radius 1 is 1.26 bits per heavy atom. The maximum absolute atomic E-state index is 11.9. The predicted octanol–water partition coefficient (Wildman–Crippen LogP) is 3.22. The van der Waals surface area contributed by atoms with Crippen LogP contribution in [0.3, 0.4) is 0 Å². The summed E-state index contributed by atoms with van der Waals surface area (Å²) in [5.74, 6) is -0.731. The molecule has 1 amide bonds. The van der Waals surface area contributed by atoms with Crippen LogP contribution in [0, 0.1) is 0 Å². The van der Waals surface area contributed by atoms with E-state index in [1.807, 2.05) is 19.9 Å². The molecule has 0 fully saturated rings. The minimum absolute atomic E-state index is 0.358. The summed E-state index contributed by atoms with van der Waals surface area (Å²) in [5, 5.41) is 22.2. The Morgan fingerprint density at radius 3 is 2.37 bits per heavy atom. The standard InChI is InChI=1S/C20H29NO6/c1-12(2)7-8-13-11-14(9-10-15(13)26-6)17(22)16(18(23)24)21-19(25)27-20(3,4)5/h7,9-11,16-17,22H,8H2,1-6H3,(H,21,25)(H,23,24)/t16-,17+/m0/s1. The normalized spacial score (nSPS) is 13.3. The maximum atomic E-state index is 11.9. The first-order valence-corrected chi connectivity index (χ1v) is 8.65. The molecule has 0 unspecified atom stereocenters. The molecule has 0 spiro atoms. The topological polar surface area (TPSA) is 105 Å². The third-order valence-electron chi connectivity index (χ3n) is 3.63. The third kappa shape index (κ3) is 7.30. The van der Waals surface area contributed by atoms with E-state index in [0.717, 1.165) is 11.1 Å². The van der Waals surface area contributed by atoms with Crippen LogP contribution >= 0.6 is 0 Å². The minimum atomic E-state index is -1.55. The van der Waals surface area contributed by atoms with Crippen LogP contribution in [0.1, 0.15) is 51.8 Å². The molecule has 0 saturated carbocycles. The SMILES string of the molecule is COc1ccc([C@@H](O)[C@H](NC(=O)OC(C)(C)C)C(=O)O)cc1CC=C(C)C. The van der Waals surface area contributed by atoms with Gasteiger partial charge in [-0.15, -0.1) is 0 Å². The lowest BCUT2D eigenvalue weighted by molar-refractivity contribution is -0.142. The molecule has 7 heteroatoms. The number of amides is 1. The zero-order chi connectivity index (χ0) is 20.8. The van der Waals surface area contributed by atoms with Crippen molar-refractivity contribution in [3.8, 4) is 5.75 Å². The number of carbonyl (C=O) groups excluding carboxylic acids is 1. The third-order valence-corrected chi connectivity index (χ3v) is 3.63. The molecule has 27 heavy (non-hydrogen) atoms. The molecule has 7 nitrogen and oxygen atoms in total. The van der Waals surface area contributed by atoms with Gasteiger partial charge >= 0.3 is 12.1 Å². The van der Waals surface area contributed by atoms with Gasteiger partial charge in [-0.3, -0.25) is 0 Å². The Balaban J connectivity index is 3.09. The highest BCUT2D eigenvalue weighted by molar-refractivity contribution is 5.81. The predicted molar refractivity (Wildman–Crippen MR) is 102 cm³/mol. The van der Waals surface area contributed by atoms with Crippen molar-refractivity contribution in [1.82, 2.24) is 5.32 Å². The summed E-state index contributed by atoms with van der Waals surface area (Å²) in [6.45, 7) is 8.93. The molecule has 0 radical (unpaired) electrons. The molecule has 0 aliphatic rings. The van der Waals surface area contributed by atoms with Crippen LogP contribution in [0.15, 0.2) is 29.8 Å². The lowest BCUT2D eigenvalue weighted by Gasteiger charge is -2.25. The largest absolute Gasteiger partial charge is 0.496 e. The summed E-state index contributed by atoms with van der Waals surface area (Å²) in [6.07, 6.45) is 0.212. The number of hydrogen-bond donors (Lipinski definition) is 3. The Morgan fingerprint density at radius 2 is 1.89 bits per heavy atom. The zero-order valence-electron chi connectivity index (χ0n) is 16.7. The molecular formula is C20H29NO6. The molecule has 1 aromatic carbocycles. The molecule has 150 valence electrons. The lowest BCUT2D eigenvalue weighted by atomic mass is 9.98. The highest BCUT2D eigenvalue weighted by Crippen LogP contribution is 2.26. The van der Waals surface area contributed by atoms with Crippen molar-refractivity contribution >= 4 is 12.1 Å². The smallest absolute Gasteiger partial charge is 0.408 e. The van der Waals surface area contributed by atoms with Gasteiger partial charge in [0.2, 0.25) is 0 Å². The molecular weight excluding hydrogens is 350 g/mol. The van der Waals surface area contributed by atoms with Crippen LogP contribution in [0.4, 0.5) is 4.79 Å². The van der Waals surface area contributed by atoms with E-state index >= 15 is 0 Å². The van der Waals surface area contributed by atoms with Gasteiger partial charge in [0, 0.05) is 0 Å². The highest BCUT2D eigenvalue weighted by Gasteiger charge is 2.31. The van der Waals surface area contributed by atoms with Crippen molar-refractivity contribution < 1.29 is 29.3 Å². The summed E-state index contributed by atoms with van der Waals surface area (Å²) in [7, 11) is 1.54. The summed E-state index contributed by atoms with van der Waals surface area (Å²) in [6, 6.07) is 3.36. The van der Waals surface area contributed by atoms with Crippen LogP contribution in [0.25, 0.3) is 0 Å². The fourth-order valence-corrected chi connectivity index (χ4v) is 2.36. The fourth-order valence-electron chi connectivity index (χ4n) is 2.36. The number of methoxy groups -OCH3 is 1. The number of aliphatic hydroxyl groups excluding tert-OH is 1. The van der Waals surface area contributed by atoms with Gasteiger partial charge < -0.3 is 25.0 Å². The number of aliphatic carboxylic acids is 1. The zero-order valence-corrected chi connectivity index (χ0v) is 16.7. The van der Waals surface area contributed by atoms with Crippen molar-refractivity contribution in [2.24, 2.45) is 0 Å². The summed E-state index contributed by atoms with van der Waals surface area (Å²) >= 11 is 0. The van der Waals surface area contributed by atoms with E-state index in [2.05, 4.69) is 5.32 Å². The van der Waals surface area contributed by atoms with Crippen LogP contribution in [0.2, 0.25) is 0 Å². The molecule has 0 saturated heterocycles. The van der Waals surface area contributed by atoms with Gasteiger partial charge in [0.25, 0.3) is 0 Å². The first-order chi connectivity index (χ1) is 12.4. The van der Waals surface area contributed by atoms with Crippen molar-refractivity contribution in [2.75, 3.05) is 7.11 Å². The molecule has 2 atom stereocenters. The minimum Gasteiger partial charge on any atom is -0.496 e. The van der Waals surface area contributed by atoms with Crippen LogP contribution in [-0.4, -0.2) is 41.0 Å². The monoisotopic (exact) mass is 379 g/mol. The molecule has 1 rings (SSSR count). The van der Waals surface area contributed by atoms with E-state index in [9.17, 15) is 19.8 Å². The molecule has 3 N–H and O–H groups in total. The van der Waals surface area contributed by atoms with Gasteiger partial charge in [-0.25, -0.2) is 9.59 Å². The molecule has 0 heterocycles. The van der Waals surface area contributed by atoms with E-state index in [0.29, 0.717) is 17.7 Å². The summed E-state index contributed by atoms with van der Waals surface area (Å²) < 4.78 is 10.4. The maximum Gasteiger partial charge on any atom is 0.408 e. The number of carbonyl (C=O) groups is 2. The Labute approximate surface area is 160 Å². The highest BCUT2D eigenvalue weighted by atomic mass is 16.6. The number of nitrogens with one attached hydrogen (secondary N) is 1. The van der Waals surface area contributed by atoms with E-state index in [1.165, 1.54) is 0 Å². The summed E-state index contributed by atoms with van der Waals surface area (Å²) in [4.78, 5) is 23.5. The number of rotatable bonds is 7. The van der Waals surface area contributed by atoms with Crippen molar-refractivity contribution in [2.45, 2.75) is 58.8 Å². The molecule has 1 aromatic rings. The summed E-state index contributed by atoms with van der Waals surface area (Å²) in [5.41, 5.74) is 1.50. The van der Waals surface area contributed by atoms with Crippen molar-refractivity contribution in [3.63, 3.8) is 0 Å². The number of aliphatic hydroxyl groups is 1. The molecule has 0 aromatic heterocycles. The Hall–Kier alpha value is -2.54. The average molecular weight is 379 g/mol. The van der Waals surface area contributed by atoms with Crippen LogP contribution < -0.4 is 10.1 Å². The van der Waals surface area contributed by atoms with E-state index < -0.39 is 29.8 Å². The van der Waals surface area contributed by atoms with E-state index in [-0.39, 0.29) is 0 Å². The molecule has 0 aliphatic heterocycles. The van der Waals surface area contributed by atoms with Gasteiger partial charge in [0.05, 0.1) is 7.11 Å². The number of alkyl carbamates (subject to hydrolysis) is 1. The lowest BCUT2D eigenvalue weighted by Crippen LogP contribution is -2.46. The number of carboxylic acids is 1. The Kier molecular flexibility index (Phi) is 7.84. The average Bonchev–Trinajstić information content (AvgIpc) is 2.55. The number of hydrogen-bond acceptors (Lipinski definition) is 5. The number of benzene rings is 1. The van der Waals surface area contributed by atoms with Crippen LogP contribution in [-0.2, 0) is 16.0 Å². The second kappa shape index (κ2) is 9.41. The second-order valence-corrected chi connectivity index (χ2v) is 7.46. The van der Waals surface area contributed by atoms with Crippen molar-refractivity contribution in [1.29, 1.82) is 0 Å². The quantitative estimate of drug-likeness (QED) is 0.628. The van der Waals surface area contributed by atoms with Gasteiger partial charge in [-0.05, 0) is 64.3 Å². The van der Waals surface area contributed by atoms with Crippen LogP contribution in [0.5, 0.6) is 5.75 Å². The Bertz CT molecular complexity index is 701. The van der Waals surface area contributed by atoms with Gasteiger partial charge in [-0.2, -0.15) is 0 Å². The van der Waals surface area contributed by atoms with Gasteiger partial charge in [-0.1, -0.05) is 17.7 Å². The van der Waals surface area contributed by atoms with Gasteiger partial charge in [0.1, 0.15) is 17.5 Å². The van der Waals surface area contributed by atoms with E-state index in [4.69, 9.17) is 9.47 Å². The van der Waals surface area contributed by atoms with Gasteiger partial charge in [0.15, 0.2) is 6.04 Å².